The second-order valence-corrected chi connectivity index (χ2v) is 9.13. The van der Waals surface area contributed by atoms with Crippen LogP contribution in [-0.2, 0) is 9.84 Å². The number of hydrogen-bond acceptors (Lipinski definition) is 5. The first kappa shape index (κ1) is 20.2. The van der Waals surface area contributed by atoms with E-state index in [1.165, 1.54) is 43.3 Å². The molecule has 3 rings (SSSR count). The second-order valence-electron chi connectivity index (χ2n) is 7.14. The Balaban J connectivity index is 1.81. The van der Waals surface area contributed by atoms with E-state index in [-0.39, 0.29) is 28.2 Å². The maximum atomic E-state index is 13.1. The summed E-state index contributed by atoms with van der Waals surface area (Å²) in [4.78, 5) is 26.5. The predicted octanol–water partition coefficient (Wildman–Crippen LogP) is 3.53. The number of benzene rings is 2. The summed E-state index contributed by atoms with van der Waals surface area (Å²) in [6.45, 7) is 2.44. The van der Waals surface area contributed by atoms with E-state index < -0.39 is 9.84 Å². The summed E-state index contributed by atoms with van der Waals surface area (Å²) < 4.78 is 37.4. The minimum absolute atomic E-state index is 0.0273. The van der Waals surface area contributed by atoms with Gasteiger partial charge in [-0.1, -0.05) is 0 Å². The maximum absolute atomic E-state index is 13.1. The van der Waals surface area contributed by atoms with Crippen molar-refractivity contribution in [1.82, 2.24) is 0 Å². The molecular weight excluding hydrogens is 381 g/mol. The fourth-order valence-corrected chi connectivity index (χ4v) is 4.41. The SMILES string of the molecule is CC(=O)c1ccc(S(C)(=O)=O)c(N2CCC(C(=O)c3ccc(F)cc3)CC2)c1. The lowest BCUT2D eigenvalue weighted by Crippen LogP contribution is -2.37. The van der Waals surface area contributed by atoms with Crippen LogP contribution < -0.4 is 4.90 Å². The highest BCUT2D eigenvalue weighted by Gasteiger charge is 2.28. The molecule has 1 aliphatic rings. The molecule has 0 unspecified atom stereocenters. The van der Waals surface area contributed by atoms with Gasteiger partial charge in [0.2, 0.25) is 0 Å². The van der Waals surface area contributed by atoms with Crippen LogP contribution in [0.3, 0.4) is 0 Å². The Bertz CT molecular complexity index is 1010. The number of sulfone groups is 1. The van der Waals surface area contributed by atoms with E-state index in [1.807, 2.05) is 4.90 Å². The van der Waals surface area contributed by atoms with E-state index in [0.717, 1.165) is 6.26 Å². The molecular formula is C21H22FNO4S. The Kier molecular flexibility index (Phi) is 5.65. The average molecular weight is 403 g/mol. The van der Waals surface area contributed by atoms with Crippen molar-refractivity contribution in [3.05, 3.63) is 59.4 Å². The number of Topliss-reactive ketones (excluding diaryl/α,β-unsaturated/α-hetero) is 2. The third-order valence-electron chi connectivity index (χ3n) is 5.10. The van der Waals surface area contributed by atoms with Crippen molar-refractivity contribution in [1.29, 1.82) is 0 Å². The molecule has 7 heteroatoms. The number of nitrogens with zero attached hydrogens (tertiary/aromatic N) is 1. The molecule has 2 aromatic carbocycles. The van der Waals surface area contributed by atoms with Crippen molar-refractivity contribution in [2.45, 2.75) is 24.7 Å². The third kappa shape index (κ3) is 4.30. The van der Waals surface area contributed by atoms with E-state index >= 15 is 0 Å². The van der Waals surface area contributed by atoms with Crippen molar-refractivity contribution in [3.63, 3.8) is 0 Å². The Labute approximate surface area is 164 Å². The molecule has 148 valence electrons. The second kappa shape index (κ2) is 7.83. The third-order valence-corrected chi connectivity index (χ3v) is 6.24. The summed E-state index contributed by atoms with van der Waals surface area (Å²) in [6.07, 6.45) is 2.26. The fraction of sp³-hybridized carbons (Fsp3) is 0.333. The van der Waals surface area contributed by atoms with E-state index in [0.29, 0.717) is 42.7 Å². The smallest absolute Gasteiger partial charge is 0.177 e. The zero-order valence-corrected chi connectivity index (χ0v) is 16.6. The van der Waals surface area contributed by atoms with Crippen LogP contribution in [0.1, 0.15) is 40.5 Å². The molecule has 1 fully saturated rings. The summed E-state index contributed by atoms with van der Waals surface area (Å²) >= 11 is 0. The first-order valence-electron chi connectivity index (χ1n) is 9.06. The molecule has 0 radical (unpaired) electrons. The summed E-state index contributed by atoms with van der Waals surface area (Å²) in [5.74, 6) is -0.743. The molecule has 5 nitrogen and oxygen atoms in total. The summed E-state index contributed by atoms with van der Waals surface area (Å²) in [5, 5.41) is 0. The average Bonchev–Trinajstić information content (AvgIpc) is 2.67. The molecule has 0 saturated carbocycles. The van der Waals surface area contributed by atoms with E-state index in [1.54, 1.807) is 6.07 Å². The molecule has 0 bridgehead atoms. The van der Waals surface area contributed by atoms with Crippen LogP contribution in [-0.4, -0.2) is 39.3 Å². The van der Waals surface area contributed by atoms with Gasteiger partial charge in [-0.15, -0.1) is 0 Å². The number of piperidine rings is 1. The van der Waals surface area contributed by atoms with Crippen LogP contribution in [0.5, 0.6) is 0 Å². The zero-order valence-electron chi connectivity index (χ0n) is 15.8. The first-order chi connectivity index (χ1) is 13.2. The lowest BCUT2D eigenvalue weighted by atomic mass is 9.88. The van der Waals surface area contributed by atoms with Gasteiger partial charge in [-0.05, 0) is 62.2 Å². The number of carbonyl (C=O) groups excluding carboxylic acids is 2. The lowest BCUT2D eigenvalue weighted by Gasteiger charge is -2.34. The minimum Gasteiger partial charge on any atom is -0.370 e. The fourth-order valence-electron chi connectivity index (χ4n) is 3.53. The van der Waals surface area contributed by atoms with Crippen LogP contribution >= 0.6 is 0 Å². The van der Waals surface area contributed by atoms with Gasteiger partial charge in [0.1, 0.15) is 5.82 Å². The molecule has 28 heavy (non-hydrogen) atoms. The highest BCUT2D eigenvalue weighted by Crippen LogP contribution is 2.31. The molecule has 0 atom stereocenters. The normalized spacial score (nSPS) is 15.5. The van der Waals surface area contributed by atoms with E-state index in [9.17, 15) is 22.4 Å². The van der Waals surface area contributed by atoms with Gasteiger partial charge in [0.25, 0.3) is 0 Å². The van der Waals surface area contributed by atoms with E-state index in [4.69, 9.17) is 0 Å². The molecule has 1 heterocycles. The van der Waals surface area contributed by atoms with Crippen molar-refractivity contribution in [2.75, 3.05) is 24.2 Å². The molecule has 0 amide bonds. The quantitative estimate of drug-likeness (QED) is 0.714. The van der Waals surface area contributed by atoms with Gasteiger partial charge in [0.15, 0.2) is 21.4 Å². The van der Waals surface area contributed by atoms with Gasteiger partial charge in [0, 0.05) is 36.4 Å². The van der Waals surface area contributed by atoms with Crippen molar-refractivity contribution in [2.24, 2.45) is 5.92 Å². The van der Waals surface area contributed by atoms with Gasteiger partial charge in [-0.2, -0.15) is 0 Å². The van der Waals surface area contributed by atoms with Crippen LogP contribution in [0.15, 0.2) is 47.4 Å². The van der Waals surface area contributed by atoms with Crippen molar-refractivity contribution < 1.29 is 22.4 Å². The largest absolute Gasteiger partial charge is 0.370 e. The Hall–Kier alpha value is -2.54. The van der Waals surface area contributed by atoms with E-state index in [2.05, 4.69) is 0 Å². The Morgan fingerprint density at radius 2 is 1.57 bits per heavy atom. The summed E-state index contributed by atoms with van der Waals surface area (Å²) in [6, 6.07) is 10.1. The maximum Gasteiger partial charge on any atom is 0.177 e. The van der Waals surface area contributed by atoms with Crippen LogP contribution in [0.2, 0.25) is 0 Å². The topological polar surface area (TPSA) is 71.5 Å². The lowest BCUT2D eigenvalue weighted by molar-refractivity contribution is 0.0900. The monoisotopic (exact) mass is 403 g/mol. The number of halogens is 1. The molecule has 1 aliphatic heterocycles. The minimum atomic E-state index is -3.46. The molecule has 0 aromatic heterocycles. The highest BCUT2D eigenvalue weighted by atomic mass is 32.2. The standard InChI is InChI=1S/C21H22FNO4S/c1-14(24)17-5-8-20(28(2,26)27)19(13-17)23-11-9-16(10-12-23)21(25)15-3-6-18(22)7-4-15/h3-8,13,16H,9-12H2,1-2H3. The van der Waals surface area contributed by atoms with Gasteiger partial charge in [0.05, 0.1) is 10.6 Å². The molecule has 1 saturated heterocycles. The van der Waals surface area contributed by atoms with Gasteiger partial charge < -0.3 is 4.90 Å². The zero-order chi connectivity index (χ0) is 20.5. The predicted molar refractivity (Wildman–Crippen MR) is 105 cm³/mol. The highest BCUT2D eigenvalue weighted by molar-refractivity contribution is 7.90. The van der Waals surface area contributed by atoms with Gasteiger partial charge in [-0.3, -0.25) is 9.59 Å². The number of hydrogen-bond donors (Lipinski definition) is 0. The van der Waals surface area contributed by atoms with Crippen LogP contribution in [0.25, 0.3) is 0 Å². The number of carbonyl (C=O) groups is 2. The molecule has 2 aromatic rings. The number of rotatable bonds is 5. The van der Waals surface area contributed by atoms with Crippen molar-refractivity contribution in [3.8, 4) is 0 Å². The van der Waals surface area contributed by atoms with Crippen molar-refractivity contribution >= 4 is 27.1 Å². The van der Waals surface area contributed by atoms with Crippen LogP contribution in [0.4, 0.5) is 10.1 Å². The van der Waals surface area contributed by atoms with Gasteiger partial charge >= 0.3 is 0 Å². The summed E-state index contributed by atoms with van der Waals surface area (Å²) in [7, 11) is -3.46. The Morgan fingerprint density at radius 3 is 2.11 bits per heavy atom. The number of anilines is 1. The van der Waals surface area contributed by atoms with Crippen LogP contribution in [0, 0.1) is 11.7 Å². The molecule has 0 N–H and O–H groups in total. The first-order valence-corrected chi connectivity index (χ1v) is 11.0. The number of ketones is 2. The summed E-state index contributed by atoms with van der Waals surface area (Å²) in [5.41, 5.74) is 1.44. The van der Waals surface area contributed by atoms with Gasteiger partial charge in [-0.25, -0.2) is 12.8 Å². The Morgan fingerprint density at radius 1 is 1.00 bits per heavy atom. The molecule has 0 aliphatic carbocycles. The molecule has 0 spiro atoms.